The van der Waals surface area contributed by atoms with Crippen LogP contribution in [-0.2, 0) is 20.3 Å². The molecule has 0 aliphatic rings. The van der Waals surface area contributed by atoms with Gasteiger partial charge in [0.25, 0.3) is 0 Å². The van der Waals surface area contributed by atoms with Crippen molar-refractivity contribution in [2.45, 2.75) is 13.2 Å². The molecule has 0 aliphatic carbocycles. The van der Waals surface area contributed by atoms with E-state index in [2.05, 4.69) is 10.1 Å². The number of rotatable bonds is 4. The molecule has 0 saturated carbocycles. The molecule has 0 aromatic carbocycles. The van der Waals surface area contributed by atoms with Crippen LogP contribution in [0.4, 0.5) is 0 Å². The van der Waals surface area contributed by atoms with Crippen LogP contribution in [0.15, 0.2) is 30.7 Å². The van der Waals surface area contributed by atoms with Gasteiger partial charge in [0.1, 0.15) is 12.4 Å². The predicted molar refractivity (Wildman–Crippen MR) is 57.7 cm³/mol. The average molecular weight is 219 g/mol. The smallest absolute Gasteiger partial charge is 0.138 e. The molecular weight excluding hydrogens is 206 g/mol. The van der Waals surface area contributed by atoms with E-state index in [1.807, 2.05) is 13.2 Å². The van der Waals surface area contributed by atoms with E-state index in [1.165, 1.54) is 0 Å². The number of aromatic nitrogens is 3. The minimum atomic E-state index is -0.0527. The summed E-state index contributed by atoms with van der Waals surface area (Å²) in [5.41, 5.74) is 1.64. The van der Waals surface area contributed by atoms with Crippen molar-refractivity contribution in [2.75, 3.05) is 0 Å². The summed E-state index contributed by atoms with van der Waals surface area (Å²) >= 11 is 0. The van der Waals surface area contributed by atoms with Crippen molar-refractivity contribution in [3.63, 3.8) is 0 Å². The summed E-state index contributed by atoms with van der Waals surface area (Å²) in [7, 11) is 1.86. The topological polar surface area (TPSA) is 60.2 Å². The van der Waals surface area contributed by atoms with Crippen LogP contribution in [0.2, 0.25) is 0 Å². The van der Waals surface area contributed by atoms with Gasteiger partial charge >= 0.3 is 0 Å². The van der Waals surface area contributed by atoms with Crippen LogP contribution >= 0.6 is 0 Å². The number of pyridine rings is 1. The van der Waals surface area contributed by atoms with Crippen LogP contribution in [0.1, 0.15) is 11.3 Å². The maximum atomic E-state index is 8.82. The van der Waals surface area contributed by atoms with Gasteiger partial charge in [0.15, 0.2) is 0 Å². The fourth-order valence-electron chi connectivity index (χ4n) is 1.30. The summed E-state index contributed by atoms with van der Waals surface area (Å²) in [6.07, 6.45) is 5.26. The fraction of sp³-hybridized carbons (Fsp3) is 0.273. The lowest BCUT2D eigenvalue weighted by molar-refractivity contribution is 0.275. The first-order valence-electron chi connectivity index (χ1n) is 4.94. The highest BCUT2D eigenvalue weighted by Gasteiger charge is 1.99. The maximum Gasteiger partial charge on any atom is 0.138 e. The Bertz CT molecular complexity index is 451. The number of ether oxygens (including phenoxy) is 1. The molecule has 2 heterocycles. The molecule has 2 rings (SSSR count). The Labute approximate surface area is 93.3 Å². The highest BCUT2D eigenvalue weighted by atomic mass is 16.5. The molecule has 0 unspecified atom stereocenters. The average Bonchev–Trinajstić information content (AvgIpc) is 2.73. The number of aryl methyl sites for hydroxylation is 1. The van der Waals surface area contributed by atoms with E-state index in [0.29, 0.717) is 18.1 Å². The molecule has 0 saturated heterocycles. The molecule has 1 N–H and O–H groups in total. The zero-order valence-electron chi connectivity index (χ0n) is 9.00. The Morgan fingerprint density at radius 2 is 2.25 bits per heavy atom. The molecule has 84 valence electrons. The number of nitrogens with zero attached hydrogens (tertiary/aromatic N) is 3. The van der Waals surface area contributed by atoms with E-state index >= 15 is 0 Å². The second kappa shape index (κ2) is 4.76. The van der Waals surface area contributed by atoms with Crippen LogP contribution in [0.3, 0.4) is 0 Å². The van der Waals surface area contributed by atoms with E-state index in [1.54, 1.807) is 29.2 Å². The molecule has 0 bridgehead atoms. The van der Waals surface area contributed by atoms with Crippen molar-refractivity contribution < 1.29 is 9.84 Å². The van der Waals surface area contributed by atoms with Crippen molar-refractivity contribution in [3.8, 4) is 5.75 Å². The van der Waals surface area contributed by atoms with Crippen molar-refractivity contribution in [3.05, 3.63) is 42.0 Å². The minimum Gasteiger partial charge on any atom is -0.487 e. The lowest BCUT2D eigenvalue weighted by Crippen LogP contribution is -1.96. The van der Waals surface area contributed by atoms with Gasteiger partial charge in [-0.3, -0.25) is 9.67 Å². The first-order valence-corrected chi connectivity index (χ1v) is 4.94. The van der Waals surface area contributed by atoms with Crippen molar-refractivity contribution in [1.29, 1.82) is 0 Å². The van der Waals surface area contributed by atoms with E-state index in [9.17, 15) is 0 Å². The second-order valence-corrected chi connectivity index (χ2v) is 3.45. The monoisotopic (exact) mass is 219 g/mol. The summed E-state index contributed by atoms with van der Waals surface area (Å²) in [6.45, 7) is 0.414. The molecule has 0 radical (unpaired) electrons. The van der Waals surface area contributed by atoms with E-state index in [-0.39, 0.29) is 6.61 Å². The number of hydrogen-bond acceptors (Lipinski definition) is 4. The molecule has 0 atom stereocenters. The third kappa shape index (κ3) is 2.58. The summed E-state index contributed by atoms with van der Waals surface area (Å²) in [4.78, 5) is 4.02. The molecule has 5 nitrogen and oxygen atoms in total. The van der Waals surface area contributed by atoms with Gasteiger partial charge in [0.05, 0.1) is 24.7 Å². The zero-order chi connectivity index (χ0) is 11.4. The summed E-state index contributed by atoms with van der Waals surface area (Å²) in [5, 5.41) is 12.9. The van der Waals surface area contributed by atoms with Crippen LogP contribution in [0.25, 0.3) is 0 Å². The van der Waals surface area contributed by atoms with Gasteiger partial charge in [-0.2, -0.15) is 5.10 Å². The van der Waals surface area contributed by atoms with Crippen LogP contribution in [-0.4, -0.2) is 19.9 Å². The Morgan fingerprint density at radius 3 is 2.81 bits per heavy atom. The predicted octanol–water partition coefficient (Wildman–Crippen LogP) is 0.886. The number of aliphatic hydroxyl groups is 1. The van der Waals surface area contributed by atoms with Crippen LogP contribution in [0.5, 0.6) is 5.75 Å². The lowest BCUT2D eigenvalue weighted by atomic mass is 10.3. The quantitative estimate of drug-likeness (QED) is 0.829. The Kier molecular flexibility index (Phi) is 3.16. The summed E-state index contributed by atoms with van der Waals surface area (Å²) < 4.78 is 7.24. The molecule has 0 spiro atoms. The molecule has 2 aromatic heterocycles. The lowest BCUT2D eigenvalue weighted by Gasteiger charge is -2.04. The van der Waals surface area contributed by atoms with Gasteiger partial charge in [0, 0.05) is 18.8 Å². The highest BCUT2D eigenvalue weighted by molar-refractivity contribution is 5.20. The molecule has 5 heteroatoms. The minimum absolute atomic E-state index is 0.0527. The van der Waals surface area contributed by atoms with Gasteiger partial charge in [-0.15, -0.1) is 0 Å². The summed E-state index contributed by atoms with van der Waals surface area (Å²) in [6, 6.07) is 3.52. The highest BCUT2D eigenvalue weighted by Crippen LogP contribution is 2.11. The summed E-state index contributed by atoms with van der Waals surface area (Å²) in [5.74, 6) is 0.682. The van der Waals surface area contributed by atoms with Crippen LogP contribution < -0.4 is 4.74 Å². The molecule has 0 fully saturated rings. The first kappa shape index (κ1) is 10.6. The van der Waals surface area contributed by atoms with Gasteiger partial charge in [-0.25, -0.2) is 0 Å². The van der Waals surface area contributed by atoms with Gasteiger partial charge in [0.2, 0.25) is 0 Å². The van der Waals surface area contributed by atoms with Crippen LogP contribution in [0, 0.1) is 0 Å². The number of aliphatic hydroxyl groups excluding tert-OH is 1. The van der Waals surface area contributed by atoms with Gasteiger partial charge < -0.3 is 9.84 Å². The second-order valence-electron chi connectivity index (χ2n) is 3.45. The molecule has 16 heavy (non-hydrogen) atoms. The van der Waals surface area contributed by atoms with E-state index in [0.717, 1.165) is 5.56 Å². The van der Waals surface area contributed by atoms with Gasteiger partial charge in [-0.1, -0.05) is 0 Å². The third-order valence-electron chi connectivity index (χ3n) is 2.12. The Morgan fingerprint density at radius 1 is 1.38 bits per heavy atom. The molecular formula is C11H13N3O2. The SMILES string of the molecule is Cn1cc(COc2ccc(CO)nc2)cn1. The standard InChI is InChI=1S/C11H13N3O2/c1-14-6-9(4-13-14)8-16-11-3-2-10(7-15)12-5-11/h2-6,15H,7-8H2,1H3. The van der Waals surface area contributed by atoms with Crippen molar-refractivity contribution in [2.24, 2.45) is 7.05 Å². The zero-order valence-corrected chi connectivity index (χ0v) is 9.00. The van der Waals surface area contributed by atoms with Gasteiger partial charge in [-0.05, 0) is 12.1 Å². The van der Waals surface area contributed by atoms with Crippen molar-refractivity contribution >= 4 is 0 Å². The van der Waals surface area contributed by atoms with E-state index < -0.39 is 0 Å². The Hall–Kier alpha value is -1.88. The molecule has 0 amide bonds. The van der Waals surface area contributed by atoms with E-state index in [4.69, 9.17) is 9.84 Å². The molecule has 2 aromatic rings. The van der Waals surface area contributed by atoms with Crippen molar-refractivity contribution in [1.82, 2.24) is 14.8 Å². The Balaban J connectivity index is 1.94. The third-order valence-corrected chi connectivity index (χ3v) is 2.12. The maximum absolute atomic E-state index is 8.82. The molecule has 0 aliphatic heterocycles. The normalized spacial score (nSPS) is 10.4. The largest absolute Gasteiger partial charge is 0.487 e. The fourth-order valence-corrected chi connectivity index (χ4v) is 1.30. The number of hydrogen-bond donors (Lipinski definition) is 1. The first-order chi connectivity index (χ1) is 7.78.